The smallest absolute Gasteiger partial charge is 0.335 e. The number of aliphatic imine (C=N–C) groups is 1. The summed E-state index contributed by atoms with van der Waals surface area (Å²) >= 11 is 0. The molecule has 5 heteroatoms. The lowest BCUT2D eigenvalue weighted by atomic mass is 10.1. The highest BCUT2D eigenvalue weighted by molar-refractivity contribution is 5.96. The van der Waals surface area contributed by atoms with Crippen LogP contribution in [-0.4, -0.2) is 24.4 Å². The zero-order valence-corrected chi connectivity index (χ0v) is 17.0. The number of fused-ring (bicyclic) bond motifs is 1. The fourth-order valence-corrected chi connectivity index (χ4v) is 3.31. The average molecular weight is 411 g/mol. The van der Waals surface area contributed by atoms with E-state index in [4.69, 9.17) is 19.6 Å². The summed E-state index contributed by atoms with van der Waals surface area (Å²) in [5.74, 6) is 0.226. The van der Waals surface area contributed by atoms with Crippen molar-refractivity contribution in [2.45, 2.75) is 6.61 Å². The van der Waals surface area contributed by atoms with Crippen molar-refractivity contribution < 1.29 is 19.4 Å². The van der Waals surface area contributed by atoms with Gasteiger partial charge in [-0.05, 0) is 41.3 Å². The highest BCUT2D eigenvalue weighted by atomic mass is 16.5. The highest BCUT2D eigenvalue weighted by Crippen LogP contribution is 2.32. The van der Waals surface area contributed by atoms with Crippen molar-refractivity contribution in [3.8, 4) is 11.5 Å². The molecule has 0 heterocycles. The SMILES string of the molecule is COc1cccc(C=Nc2cccc3ccccc23)c1OCc1ccc(C(=O)O)cc1. The van der Waals surface area contributed by atoms with Crippen LogP contribution in [0.3, 0.4) is 0 Å². The number of ether oxygens (including phenoxy) is 2. The monoisotopic (exact) mass is 411 g/mol. The van der Waals surface area contributed by atoms with Gasteiger partial charge in [0.05, 0.1) is 18.4 Å². The van der Waals surface area contributed by atoms with Crippen LogP contribution in [0.2, 0.25) is 0 Å². The number of carboxylic acid groups (broad SMARTS) is 1. The summed E-state index contributed by atoms with van der Waals surface area (Å²) in [4.78, 5) is 15.7. The number of hydrogen-bond donors (Lipinski definition) is 1. The molecule has 31 heavy (non-hydrogen) atoms. The molecule has 4 rings (SSSR count). The zero-order valence-electron chi connectivity index (χ0n) is 17.0. The molecule has 0 aliphatic heterocycles. The van der Waals surface area contributed by atoms with Gasteiger partial charge < -0.3 is 14.6 Å². The molecule has 0 aromatic heterocycles. The summed E-state index contributed by atoms with van der Waals surface area (Å²) in [6.45, 7) is 0.273. The van der Waals surface area contributed by atoms with Crippen LogP contribution < -0.4 is 9.47 Å². The van der Waals surface area contributed by atoms with Crippen LogP contribution in [0, 0.1) is 0 Å². The van der Waals surface area contributed by atoms with Gasteiger partial charge in [-0.25, -0.2) is 4.79 Å². The molecule has 0 aliphatic rings. The molecule has 0 unspecified atom stereocenters. The first-order valence-corrected chi connectivity index (χ1v) is 9.79. The third kappa shape index (κ3) is 4.56. The third-order valence-corrected chi connectivity index (χ3v) is 4.92. The van der Waals surface area contributed by atoms with Crippen molar-refractivity contribution >= 4 is 28.6 Å². The Bertz CT molecular complexity index is 1240. The maximum atomic E-state index is 11.0. The van der Waals surface area contributed by atoms with Crippen LogP contribution in [0.15, 0.2) is 89.9 Å². The summed E-state index contributed by atoms with van der Waals surface area (Å²) in [6.07, 6.45) is 1.77. The van der Waals surface area contributed by atoms with E-state index < -0.39 is 5.97 Å². The van der Waals surface area contributed by atoms with Gasteiger partial charge in [-0.15, -0.1) is 0 Å². The van der Waals surface area contributed by atoms with E-state index >= 15 is 0 Å². The fourth-order valence-electron chi connectivity index (χ4n) is 3.31. The van der Waals surface area contributed by atoms with E-state index in [0.29, 0.717) is 11.5 Å². The number of rotatable bonds is 7. The molecule has 1 N–H and O–H groups in total. The molecule has 0 amide bonds. The minimum atomic E-state index is -0.955. The number of nitrogens with zero attached hydrogens (tertiary/aromatic N) is 1. The van der Waals surface area contributed by atoms with E-state index in [1.807, 2.05) is 48.5 Å². The second-order valence-electron chi connectivity index (χ2n) is 6.93. The summed E-state index contributed by atoms with van der Waals surface area (Å²) in [5, 5.41) is 11.2. The number of carboxylic acids is 1. The zero-order chi connectivity index (χ0) is 21.6. The Morgan fingerprint density at radius 1 is 0.935 bits per heavy atom. The molecule has 0 aliphatic carbocycles. The second kappa shape index (κ2) is 9.13. The van der Waals surface area contributed by atoms with E-state index in [9.17, 15) is 4.79 Å². The number of para-hydroxylation sites is 1. The predicted molar refractivity (Wildman–Crippen MR) is 122 cm³/mol. The van der Waals surface area contributed by atoms with E-state index in [2.05, 4.69) is 12.1 Å². The van der Waals surface area contributed by atoms with Gasteiger partial charge in [-0.3, -0.25) is 4.99 Å². The van der Waals surface area contributed by atoms with Gasteiger partial charge in [0.1, 0.15) is 6.61 Å². The highest BCUT2D eigenvalue weighted by Gasteiger charge is 2.10. The van der Waals surface area contributed by atoms with Gasteiger partial charge in [0.25, 0.3) is 0 Å². The average Bonchev–Trinajstić information content (AvgIpc) is 2.81. The van der Waals surface area contributed by atoms with Crippen molar-refractivity contribution in [1.29, 1.82) is 0 Å². The van der Waals surface area contributed by atoms with Crippen LogP contribution in [0.1, 0.15) is 21.5 Å². The number of hydrogen-bond acceptors (Lipinski definition) is 4. The molecule has 0 saturated carbocycles. The number of benzene rings is 4. The van der Waals surface area contributed by atoms with Crippen LogP contribution >= 0.6 is 0 Å². The van der Waals surface area contributed by atoms with Crippen LogP contribution in [0.25, 0.3) is 10.8 Å². The number of aromatic carboxylic acids is 1. The minimum absolute atomic E-state index is 0.240. The molecular formula is C26H21NO4. The maximum absolute atomic E-state index is 11.0. The first-order valence-electron chi connectivity index (χ1n) is 9.79. The molecule has 0 spiro atoms. The van der Waals surface area contributed by atoms with Gasteiger partial charge in [0.2, 0.25) is 0 Å². The molecule has 0 saturated heterocycles. The lowest BCUT2D eigenvalue weighted by Crippen LogP contribution is -2.02. The van der Waals surface area contributed by atoms with E-state index in [1.165, 1.54) is 0 Å². The van der Waals surface area contributed by atoms with Crippen molar-refractivity contribution in [3.05, 3.63) is 102 Å². The van der Waals surface area contributed by atoms with Crippen molar-refractivity contribution in [1.82, 2.24) is 0 Å². The molecular weight excluding hydrogens is 390 g/mol. The number of carbonyl (C=O) groups is 1. The van der Waals surface area contributed by atoms with Crippen LogP contribution in [0.4, 0.5) is 5.69 Å². The van der Waals surface area contributed by atoms with Crippen molar-refractivity contribution in [2.24, 2.45) is 4.99 Å². The van der Waals surface area contributed by atoms with E-state index in [-0.39, 0.29) is 12.2 Å². The Morgan fingerprint density at radius 3 is 2.45 bits per heavy atom. The van der Waals surface area contributed by atoms with Gasteiger partial charge in [-0.1, -0.05) is 54.6 Å². The van der Waals surface area contributed by atoms with Crippen molar-refractivity contribution in [3.63, 3.8) is 0 Å². The third-order valence-electron chi connectivity index (χ3n) is 4.92. The number of methoxy groups -OCH3 is 1. The molecule has 0 bridgehead atoms. The van der Waals surface area contributed by atoms with Crippen LogP contribution in [-0.2, 0) is 6.61 Å². The molecule has 5 nitrogen and oxygen atoms in total. The Labute approximate surface area is 180 Å². The predicted octanol–water partition coefficient (Wildman–Crippen LogP) is 5.88. The van der Waals surface area contributed by atoms with Crippen LogP contribution in [0.5, 0.6) is 11.5 Å². The molecule has 4 aromatic rings. The topological polar surface area (TPSA) is 68.1 Å². The molecule has 0 atom stereocenters. The molecule has 0 radical (unpaired) electrons. The summed E-state index contributed by atoms with van der Waals surface area (Å²) in [6, 6.07) is 26.4. The molecule has 0 fully saturated rings. The Hall–Kier alpha value is -4.12. The van der Waals surface area contributed by atoms with E-state index in [1.54, 1.807) is 37.6 Å². The first kappa shape index (κ1) is 20.2. The summed E-state index contributed by atoms with van der Waals surface area (Å²) < 4.78 is 11.5. The van der Waals surface area contributed by atoms with Crippen molar-refractivity contribution in [2.75, 3.05) is 7.11 Å². The second-order valence-corrected chi connectivity index (χ2v) is 6.93. The molecule has 154 valence electrons. The fraction of sp³-hybridized carbons (Fsp3) is 0.0769. The Morgan fingerprint density at radius 2 is 1.68 bits per heavy atom. The summed E-state index contributed by atoms with van der Waals surface area (Å²) in [5.41, 5.74) is 2.75. The largest absolute Gasteiger partial charge is 0.493 e. The van der Waals surface area contributed by atoms with E-state index in [0.717, 1.165) is 27.6 Å². The Balaban J connectivity index is 1.61. The lowest BCUT2D eigenvalue weighted by molar-refractivity contribution is 0.0697. The normalized spacial score (nSPS) is 11.0. The van der Waals surface area contributed by atoms with Gasteiger partial charge in [0.15, 0.2) is 11.5 Å². The van der Waals surface area contributed by atoms with Gasteiger partial charge in [0, 0.05) is 17.2 Å². The standard InChI is InChI=1S/C26H21NO4/c1-30-24-11-5-8-21(16-27-23-10-4-7-19-6-2-3-9-22(19)23)25(24)31-17-18-12-14-20(15-13-18)26(28)29/h2-16H,17H2,1H3,(H,28,29). The maximum Gasteiger partial charge on any atom is 0.335 e. The first-order chi connectivity index (χ1) is 15.2. The quantitative estimate of drug-likeness (QED) is 0.386. The Kier molecular flexibility index (Phi) is 5.94. The van der Waals surface area contributed by atoms with Gasteiger partial charge >= 0.3 is 5.97 Å². The molecule has 4 aromatic carbocycles. The minimum Gasteiger partial charge on any atom is -0.493 e. The summed E-state index contributed by atoms with van der Waals surface area (Å²) in [7, 11) is 1.59. The van der Waals surface area contributed by atoms with Gasteiger partial charge in [-0.2, -0.15) is 0 Å². The lowest BCUT2D eigenvalue weighted by Gasteiger charge is -2.13.